The highest BCUT2D eigenvalue weighted by Gasteiger charge is 2.16. The van der Waals surface area contributed by atoms with Gasteiger partial charge in [0, 0.05) is 12.6 Å². The van der Waals surface area contributed by atoms with Gasteiger partial charge in [0.15, 0.2) is 0 Å². The van der Waals surface area contributed by atoms with E-state index in [-0.39, 0.29) is 5.91 Å². The smallest absolute Gasteiger partial charge is 0.236 e. The molecule has 102 valence electrons. The Morgan fingerprint density at radius 1 is 1.28 bits per heavy atom. The lowest BCUT2D eigenvalue weighted by Crippen LogP contribution is -2.38. The number of amides is 1. The van der Waals surface area contributed by atoms with Crippen LogP contribution in [0.15, 0.2) is 4.52 Å². The molecule has 0 saturated heterocycles. The molecule has 5 nitrogen and oxygen atoms in total. The van der Waals surface area contributed by atoms with Gasteiger partial charge in [0.05, 0.1) is 18.8 Å². The first kappa shape index (κ1) is 14.7. The summed E-state index contributed by atoms with van der Waals surface area (Å²) in [4.78, 5) is 15.9. The number of rotatable bonds is 6. The Morgan fingerprint density at radius 3 is 2.33 bits per heavy atom. The number of carbonyl (C=O) groups excluding carboxylic acids is 1. The fourth-order valence-electron chi connectivity index (χ4n) is 1.81. The van der Waals surface area contributed by atoms with Crippen LogP contribution in [0.3, 0.4) is 0 Å². The molecule has 0 aliphatic heterocycles. The first-order chi connectivity index (χ1) is 8.49. The van der Waals surface area contributed by atoms with Crippen molar-refractivity contribution in [2.45, 2.75) is 34.2 Å². The largest absolute Gasteiger partial charge is 0.361 e. The molecule has 1 amide bonds. The Bertz CT molecular complexity index is 377. The van der Waals surface area contributed by atoms with Crippen molar-refractivity contribution < 1.29 is 9.32 Å². The summed E-state index contributed by atoms with van der Waals surface area (Å²) < 4.78 is 5.10. The van der Waals surface area contributed by atoms with Gasteiger partial charge in [-0.05, 0) is 26.9 Å². The third-order valence-corrected chi connectivity index (χ3v) is 3.26. The number of aryl methyl sites for hydroxylation is 2. The molecule has 0 N–H and O–H groups in total. The SMILES string of the molecule is CCN(CC)CC(=O)N(C)Cc1c(C)noc1C. The Kier molecular flexibility index (Phi) is 5.34. The number of aromatic nitrogens is 1. The first-order valence-corrected chi connectivity index (χ1v) is 6.37. The maximum atomic E-state index is 12.1. The Labute approximate surface area is 109 Å². The molecule has 0 radical (unpaired) electrons. The number of hydrogen-bond donors (Lipinski definition) is 0. The number of nitrogens with zero attached hydrogens (tertiary/aromatic N) is 3. The minimum absolute atomic E-state index is 0.124. The van der Waals surface area contributed by atoms with E-state index in [1.165, 1.54) is 0 Å². The zero-order valence-corrected chi connectivity index (χ0v) is 12.0. The number of carbonyl (C=O) groups is 1. The highest BCUT2D eigenvalue weighted by atomic mass is 16.5. The van der Waals surface area contributed by atoms with Gasteiger partial charge in [-0.3, -0.25) is 9.69 Å². The Hall–Kier alpha value is -1.36. The van der Waals surface area contributed by atoms with Crippen LogP contribution in [0.2, 0.25) is 0 Å². The molecule has 0 fully saturated rings. The average Bonchev–Trinajstić information content (AvgIpc) is 2.67. The van der Waals surface area contributed by atoms with E-state index in [0.29, 0.717) is 13.1 Å². The molecule has 0 unspecified atom stereocenters. The molecule has 1 aromatic heterocycles. The number of likely N-dealkylation sites (N-methyl/N-ethyl adjacent to an activating group) is 2. The van der Waals surface area contributed by atoms with E-state index in [0.717, 1.165) is 30.1 Å². The molecule has 0 atom stereocenters. The maximum absolute atomic E-state index is 12.1. The normalized spacial score (nSPS) is 11.0. The zero-order valence-electron chi connectivity index (χ0n) is 12.0. The summed E-state index contributed by atoms with van der Waals surface area (Å²) in [6, 6.07) is 0. The van der Waals surface area contributed by atoms with Crippen LogP contribution in [-0.4, -0.2) is 47.5 Å². The van der Waals surface area contributed by atoms with Crippen LogP contribution >= 0.6 is 0 Å². The lowest BCUT2D eigenvalue weighted by atomic mass is 10.2. The minimum atomic E-state index is 0.124. The van der Waals surface area contributed by atoms with Crippen molar-refractivity contribution in [3.63, 3.8) is 0 Å². The third-order valence-electron chi connectivity index (χ3n) is 3.26. The highest BCUT2D eigenvalue weighted by Crippen LogP contribution is 2.14. The zero-order chi connectivity index (χ0) is 13.7. The van der Waals surface area contributed by atoms with Gasteiger partial charge in [0.25, 0.3) is 0 Å². The topological polar surface area (TPSA) is 49.6 Å². The standard InChI is InChI=1S/C13H23N3O2/c1-6-16(7-2)9-13(17)15(5)8-12-10(3)14-18-11(12)4/h6-9H2,1-5H3. The summed E-state index contributed by atoms with van der Waals surface area (Å²) >= 11 is 0. The van der Waals surface area contributed by atoms with Crippen LogP contribution in [0.4, 0.5) is 0 Å². The maximum Gasteiger partial charge on any atom is 0.236 e. The van der Waals surface area contributed by atoms with Gasteiger partial charge in [0.1, 0.15) is 5.76 Å². The monoisotopic (exact) mass is 253 g/mol. The summed E-state index contributed by atoms with van der Waals surface area (Å²) in [6.07, 6.45) is 0. The molecule has 1 heterocycles. The summed E-state index contributed by atoms with van der Waals surface area (Å²) in [6.45, 7) is 10.7. The van der Waals surface area contributed by atoms with Crippen molar-refractivity contribution >= 4 is 5.91 Å². The molecular weight excluding hydrogens is 230 g/mol. The second-order valence-electron chi connectivity index (χ2n) is 4.51. The second kappa shape index (κ2) is 6.54. The minimum Gasteiger partial charge on any atom is -0.361 e. The van der Waals surface area contributed by atoms with Crippen molar-refractivity contribution in [1.29, 1.82) is 0 Å². The van der Waals surface area contributed by atoms with Crippen molar-refractivity contribution in [2.24, 2.45) is 0 Å². The molecule has 0 bridgehead atoms. The van der Waals surface area contributed by atoms with Gasteiger partial charge in [0.2, 0.25) is 5.91 Å². The molecule has 0 saturated carbocycles. The predicted molar refractivity (Wildman–Crippen MR) is 70.2 cm³/mol. The second-order valence-corrected chi connectivity index (χ2v) is 4.51. The van der Waals surface area contributed by atoms with Gasteiger partial charge in [-0.25, -0.2) is 0 Å². The van der Waals surface area contributed by atoms with Crippen molar-refractivity contribution in [1.82, 2.24) is 15.0 Å². The van der Waals surface area contributed by atoms with E-state index in [1.807, 2.05) is 20.9 Å². The molecule has 1 aromatic rings. The summed E-state index contributed by atoms with van der Waals surface area (Å²) in [5, 5.41) is 3.90. The fourth-order valence-corrected chi connectivity index (χ4v) is 1.81. The molecule has 0 aliphatic carbocycles. The molecule has 1 rings (SSSR count). The van der Waals surface area contributed by atoms with Gasteiger partial charge >= 0.3 is 0 Å². The summed E-state index contributed by atoms with van der Waals surface area (Å²) in [5.41, 5.74) is 1.86. The molecule has 5 heteroatoms. The van der Waals surface area contributed by atoms with Crippen LogP contribution in [0.25, 0.3) is 0 Å². The van der Waals surface area contributed by atoms with Crippen molar-refractivity contribution in [2.75, 3.05) is 26.7 Å². The third kappa shape index (κ3) is 3.57. The molecule has 0 aromatic carbocycles. The van der Waals surface area contributed by atoms with E-state index >= 15 is 0 Å². The van der Waals surface area contributed by atoms with Crippen molar-refractivity contribution in [3.05, 3.63) is 17.0 Å². The highest BCUT2D eigenvalue weighted by molar-refractivity contribution is 5.78. The molecular formula is C13H23N3O2. The van der Waals surface area contributed by atoms with E-state index in [4.69, 9.17) is 4.52 Å². The summed E-state index contributed by atoms with van der Waals surface area (Å²) in [5.74, 6) is 0.911. The lowest BCUT2D eigenvalue weighted by molar-refractivity contribution is -0.131. The van der Waals surface area contributed by atoms with E-state index in [1.54, 1.807) is 4.90 Å². The van der Waals surface area contributed by atoms with E-state index < -0.39 is 0 Å². The quantitative estimate of drug-likeness (QED) is 0.772. The van der Waals surface area contributed by atoms with Crippen LogP contribution < -0.4 is 0 Å². The predicted octanol–water partition coefficient (Wildman–Crippen LogP) is 1.59. The Balaban J connectivity index is 2.60. The van der Waals surface area contributed by atoms with Gasteiger partial charge in [-0.2, -0.15) is 0 Å². The summed E-state index contributed by atoms with van der Waals surface area (Å²) in [7, 11) is 1.82. The number of hydrogen-bond acceptors (Lipinski definition) is 4. The van der Waals surface area contributed by atoms with Gasteiger partial charge in [-0.15, -0.1) is 0 Å². The van der Waals surface area contributed by atoms with Crippen LogP contribution in [-0.2, 0) is 11.3 Å². The molecule has 0 spiro atoms. The Morgan fingerprint density at radius 2 is 1.89 bits per heavy atom. The first-order valence-electron chi connectivity index (χ1n) is 6.37. The van der Waals surface area contributed by atoms with Crippen LogP contribution in [0, 0.1) is 13.8 Å². The lowest BCUT2D eigenvalue weighted by Gasteiger charge is -2.22. The van der Waals surface area contributed by atoms with E-state index in [9.17, 15) is 4.79 Å². The fraction of sp³-hybridized carbons (Fsp3) is 0.692. The molecule has 18 heavy (non-hydrogen) atoms. The van der Waals surface area contributed by atoms with Crippen molar-refractivity contribution in [3.8, 4) is 0 Å². The van der Waals surface area contributed by atoms with E-state index in [2.05, 4.69) is 23.9 Å². The van der Waals surface area contributed by atoms with Crippen LogP contribution in [0.5, 0.6) is 0 Å². The van der Waals surface area contributed by atoms with Gasteiger partial charge < -0.3 is 9.42 Å². The average molecular weight is 253 g/mol. The molecule has 0 aliphatic rings. The van der Waals surface area contributed by atoms with Crippen LogP contribution in [0.1, 0.15) is 30.9 Å². The van der Waals surface area contributed by atoms with Gasteiger partial charge in [-0.1, -0.05) is 19.0 Å².